The predicted octanol–water partition coefficient (Wildman–Crippen LogP) is 3.50. The summed E-state index contributed by atoms with van der Waals surface area (Å²) in [6.07, 6.45) is 6.44. The zero-order valence-corrected chi connectivity index (χ0v) is 18.2. The summed E-state index contributed by atoms with van der Waals surface area (Å²) in [6.45, 7) is 0.0842. The molecule has 0 N–H and O–H groups in total. The molecule has 0 radical (unpaired) electrons. The second-order valence-corrected chi connectivity index (χ2v) is 9.83. The van der Waals surface area contributed by atoms with Gasteiger partial charge in [0.25, 0.3) is 0 Å². The van der Waals surface area contributed by atoms with Gasteiger partial charge in [-0.15, -0.1) is 0 Å². The topological polar surface area (TPSA) is 63.5 Å². The van der Waals surface area contributed by atoms with Gasteiger partial charge < -0.3 is 14.5 Å². The predicted molar refractivity (Wildman–Crippen MR) is 115 cm³/mol. The molecule has 2 aromatic rings. The lowest BCUT2D eigenvalue weighted by Gasteiger charge is -2.59. The van der Waals surface area contributed by atoms with Crippen LogP contribution in [0.4, 0.5) is 13.6 Å². The normalized spacial score (nSPS) is 21.8. The standard InChI is InChI=1S/C24H25F2N5O2/c25-22(26)33-20-7-3-16(4-8-20)1-2-17-11-29(12-17)23(32)30-13-24(14-30)9-19(10-24)31-15-27-21(28-31)18-5-6-18/h3-4,7-8,15,17-19,22H,5-6,9-14H2. The molecule has 3 heterocycles. The number of alkyl halides is 2. The number of urea groups is 1. The number of hydrogen-bond donors (Lipinski definition) is 0. The molecule has 2 saturated heterocycles. The molecular formula is C24H25F2N5O2. The lowest BCUT2D eigenvalue weighted by Crippen LogP contribution is -2.67. The van der Waals surface area contributed by atoms with E-state index in [2.05, 4.69) is 26.7 Å². The smallest absolute Gasteiger partial charge is 0.387 e. The van der Waals surface area contributed by atoms with E-state index in [9.17, 15) is 13.6 Å². The molecule has 2 aliphatic heterocycles. The number of benzene rings is 1. The highest BCUT2D eigenvalue weighted by molar-refractivity contribution is 5.76. The molecule has 2 amide bonds. The summed E-state index contributed by atoms with van der Waals surface area (Å²) in [4.78, 5) is 21.0. The first-order chi connectivity index (χ1) is 16.0. The Kier molecular flexibility index (Phi) is 4.78. The summed E-state index contributed by atoms with van der Waals surface area (Å²) in [6, 6.07) is 6.79. The lowest BCUT2D eigenvalue weighted by molar-refractivity contribution is -0.0775. The number of nitrogens with zero attached hydrogens (tertiary/aromatic N) is 5. The highest BCUT2D eigenvalue weighted by atomic mass is 19.3. The van der Waals surface area contributed by atoms with Crippen molar-refractivity contribution in [1.29, 1.82) is 0 Å². The van der Waals surface area contributed by atoms with Crippen LogP contribution in [0.2, 0.25) is 0 Å². The van der Waals surface area contributed by atoms with E-state index in [1.807, 2.05) is 20.8 Å². The number of rotatable bonds is 4. The fraction of sp³-hybridized carbons (Fsp3) is 0.542. The Morgan fingerprint density at radius 3 is 2.52 bits per heavy atom. The van der Waals surface area contributed by atoms with Gasteiger partial charge in [0.2, 0.25) is 0 Å². The summed E-state index contributed by atoms with van der Waals surface area (Å²) < 4.78 is 30.8. The summed E-state index contributed by atoms with van der Waals surface area (Å²) in [5, 5.41) is 4.65. The number of carbonyl (C=O) groups excluding carboxylic acids is 1. The molecule has 0 atom stereocenters. The maximum absolute atomic E-state index is 12.7. The number of ether oxygens (including phenoxy) is 1. The molecule has 33 heavy (non-hydrogen) atoms. The van der Waals surface area contributed by atoms with Crippen molar-refractivity contribution in [2.24, 2.45) is 11.3 Å². The van der Waals surface area contributed by atoms with E-state index < -0.39 is 6.61 Å². The van der Waals surface area contributed by atoms with E-state index in [0.717, 1.165) is 37.3 Å². The van der Waals surface area contributed by atoms with Crippen molar-refractivity contribution >= 4 is 6.03 Å². The first kappa shape index (κ1) is 20.5. The van der Waals surface area contributed by atoms with E-state index in [4.69, 9.17) is 0 Å². The van der Waals surface area contributed by atoms with E-state index in [0.29, 0.717) is 25.0 Å². The SMILES string of the molecule is O=C(N1CC(C#Cc2ccc(OC(F)F)cc2)C1)N1CC2(CC(n3cnc(C4CC4)n3)C2)C1. The minimum absolute atomic E-state index is 0.104. The molecule has 4 fully saturated rings. The molecule has 7 nitrogen and oxygen atoms in total. The van der Waals surface area contributed by atoms with Crippen molar-refractivity contribution in [1.82, 2.24) is 24.6 Å². The average Bonchev–Trinajstić information content (AvgIpc) is 3.43. The highest BCUT2D eigenvalue weighted by Crippen LogP contribution is 2.54. The van der Waals surface area contributed by atoms with Crippen molar-refractivity contribution in [2.75, 3.05) is 26.2 Å². The van der Waals surface area contributed by atoms with Gasteiger partial charge in [0, 0.05) is 43.1 Å². The minimum atomic E-state index is -2.83. The number of aromatic nitrogens is 3. The number of halogens is 2. The van der Waals surface area contributed by atoms with Crippen LogP contribution in [-0.4, -0.2) is 63.4 Å². The molecule has 1 aromatic carbocycles. The summed E-state index contributed by atoms with van der Waals surface area (Å²) in [5.41, 5.74) is 0.998. The minimum Gasteiger partial charge on any atom is -0.435 e. The Morgan fingerprint density at radius 2 is 1.85 bits per heavy atom. The number of carbonyl (C=O) groups is 1. The summed E-state index contributed by atoms with van der Waals surface area (Å²) >= 11 is 0. The Hall–Kier alpha value is -3.15. The van der Waals surface area contributed by atoms with Crippen LogP contribution in [0.1, 0.15) is 49.0 Å². The van der Waals surface area contributed by atoms with Gasteiger partial charge in [-0.3, -0.25) is 0 Å². The Bertz CT molecular complexity index is 1100. The third-order valence-corrected chi connectivity index (χ3v) is 7.16. The van der Waals surface area contributed by atoms with Crippen LogP contribution in [-0.2, 0) is 0 Å². The van der Waals surface area contributed by atoms with Gasteiger partial charge in [0.05, 0.1) is 12.0 Å². The zero-order chi connectivity index (χ0) is 22.6. The zero-order valence-electron chi connectivity index (χ0n) is 18.2. The first-order valence-electron chi connectivity index (χ1n) is 11.5. The second-order valence-electron chi connectivity index (χ2n) is 9.83. The van der Waals surface area contributed by atoms with Crippen molar-refractivity contribution in [3.05, 3.63) is 42.0 Å². The second kappa shape index (κ2) is 7.72. The van der Waals surface area contributed by atoms with E-state index in [1.165, 1.54) is 25.0 Å². The first-order valence-corrected chi connectivity index (χ1v) is 11.5. The van der Waals surface area contributed by atoms with Crippen LogP contribution in [0, 0.1) is 23.2 Å². The number of hydrogen-bond acceptors (Lipinski definition) is 4. The van der Waals surface area contributed by atoms with E-state index in [1.54, 1.807) is 12.1 Å². The van der Waals surface area contributed by atoms with Crippen molar-refractivity contribution in [3.63, 3.8) is 0 Å². The third-order valence-electron chi connectivity index (χ3n) is 7.16. The molecule has 6 rings (SSSR count). The van der Waals surface area contributed by atoms with Gasteiger partial charge in [-0.1, -0.05) is 11.8 Å². The van der Waals surface area contributed by atoms with Gasteiger partial charge in [0.15, 0.2) is 5.82 Å². The quantitative estimate of drug-likeness (QED) is 0.665. The van der Waals surface area contributed by atoms with Crippen LogP contribution in [0.25, 0.3) is 0 Å². The van der Waals surface area contributed by atoms with Crippen LogP contribution >= 0.6 is 0 Å². The molecule has 0 bridgehead atoms. The molecule has 1 spiro atoms. The fourth-order valence-corrected chi connectivity index (χ4v) is 5.11. The average molecular weight is 453 g/mol. The summed E-state index contributed by atoms with van der Waals surface area (Å²) in [7, 11) is 0. The summed E-state index contributed by atoms with van der Waals surface area (Å²) in [5.74, 6) is 8.05. The van der Waals surface area contributed by atoms with Gasteiger partial charge in [-0.05, 0) is 49.9 Å². The number of amides is 2. The Morgan fingerprint density at radius 1 is 1.12 bits per heavy atom. The van der Waals surface area contributed by atoms with Crippen molar-refractivity contribution in [2.45, 2.75) is 44.3 Å². The van der Waals surface area contributed by atoms with Gasteiger partial charge in [0.1, 0.15) is 12.1 Å². The molecule has 2 saturated carbocycles. The van der Waals surface area contributed by atoms with Gasteiger partial charge in [-0.2, -0.15) is 13.9 Å². The molecule has 2 aliphatic carbocycles. The van der Waals surface area contributed by atoms with Crippen molar-refractivity contribution in [3.8, 4) is 17.6 Å². The van der Waals surface area contributed by atoms with Gasteiger partial charge in [-0.25, -0.2) is 14.5 Å². The fourth-order valence-electron chi connectivity index (χ4n) is 5.11. The Labute approximate surface area is 190 Å². The van der Waals surface area contributed by atoms with E-state index >= 15 is 0 Å². The largest absolute Gasteiger partial charge is 0.435 e. The molecule has 9 heteroatoms. The lowest BCUT2D eigenvalue weighted by atomic mass is 9.61. The van der Waals surface area contributed by atoms with Crippen LogP contribution in [0.15, 0.2) is 30.6 Å². The number of likely N-dealkylation sites (tertiary alicyclic amines) is 2. The van der Waals surface area contributed by atoms with Crippen molar-refractivity contribution < 1.29 is 18.3 Å². The third kappa shape index (κ3) is 4.03. The van der Waals surface area contributed by atoms with Crippen LogP contribution in [0.5, 0.6) is 5.75 Å². The molecular weight excluding hydrogens is 428 g/mol. The molecule has 0 unspecified atom stereocenters. The van der Waals surface area contributed by atoms with Crippen LogP contribution < -0.4 is 4.74 Å². The van der Waals surface area contributed by atoms with Crippen LogP contribution in [0.3, 0.4) is 0 Å². The molecule has 172 valence electrons. The Balaban J connectivity index is 0.935. The maximum Gasteiger partial charge on any atom is 0.387 e. The maximum atomic E-state index is 12.7. The van der Waals surface area contributed by atoms with Gasteiger partial charge >= 0.3 is 12.6 Å². The van der Waals surface area contributed by atoms with E-state index in [-0.39, 0.29) is 23.1 Å². The monoisotopic (exact) mass is 453 g/mol. The highest BCUT2D eigenvalue weighted by Gasteiger charge is 2.55. The molecule has 1 aromatic heterocycles. The molecule has 4 aliphatic rings.